The highest BCUT2D eigenvalue weighted by molar-refractivity contribution is 5.91. The molecule has 128 valence electrons. The van der Waals surface area contributed by atoms with Crippen molar-refractivity contribution < 1.29 is 19.5 Å². The molecule has 0 saturated carbocycles. The van der Waals surface area contributed by atoms with Crippen LogP contribution in [0.3, 0.4) is 0 Å². The molecule has 0 radical (unpaired) electrons. The molecule has 9 N–H and O–H groups in total. The summed E-state index contributed by atoms with van der Waals surface area (Å²) in [6, 6.07) is -2.78. The van der Waals surface area contributed by atoms with Crippen molar-refractivity contribution in [1.82, 2.24) is 10.6 Å². The number of carbonyl (C=O) groups excluding carboxylic acids is 2. The van der Waals surface area contributed by atoms with E-state index in [-0.39, 0.29) is 25.4 Å². The number of amides is 2. The van der Waals surface area contributed by atoms with Crippen LogP contribution in [0.2, 0.25) is 0 Å². The van der Waals surface area contributed by atoms with Crippen LogP contribution in [-0.2, 0) is 14.4 Å². The number of hydrogen-bond donors (Lipinski definition) is 6. The first-order valence-corrected chi connectivity index (χ1v) is 7.23. The van der Waals surface area contributed by atoms with E-state index in [4.69, 9.17) is 22.3 Å². The first-order valence-electron chi connectivity index (χ1n) is 7.23. The summed E-state index contributed by atoms with van der Waals surface area (Å²) in [5, 5.41) is 13.9. The minimum Gasteiger partial charge on any atom is -0.480 e. The molecule has 0 fully saturated rings. The molecule has 2 amide bonds. The standard InChI is InChI=1S/C13H27N5O4/c1-7(2)10(18-11(19)8(16)3-5-14)12(20)17-9(4-6-15)13(21)22/h7-10H,3-6,14-16H2,1-2H3,(H,17,20)(H,18,19)(H,21,22)/t8-,9-,10-/m0/s1. The maximum absolute atomic E-state index is 12.2. The molecule has 0 spiro atoms. The van der Waals surface area contributed by atoms with Gasteiger partial charge in [0.1, 0.15) is 12.1 Å². The molecule has 3 atom stereocenters. The normalized spacial score (nSPS) is 15.0. The van der Waals surface area contributed by atoms with Crippen molar-refractivity contribution in [3.8, 4) is 0 Å². The number of hydrogen-bond acceptors (Lipinski definition) is 6. The molecule has 22 heavy (non-hydrogen) atoms. The van der Waals surface area contributed by atoms with Gasteiger partial charge in [-0.1, -0.05) is 13.8 Å². The van der Waals surface area contributed by atoms with Crippen molar-refractivity contribution in [3.63, 3.8) is 0 Å². The van der Waals surface area contributed by atoms with Gasteiger partial charge in [0.15, 0.2) is 0 Å². The van der Waals surface area contributed by atoms with Crippen molar-refractivity contribution >= 4 is 17.8 Å². The van der Waals surface area contributed by atoms with Crippen LogP contribution in [0.5, 0.6) is 0 Å². The maximum atomic E-state index is 12.2. The van der Waals surface area contributed by atoms with E-state index >= 15 is 0 Å². The van der Waals surface area contributed by atoms with Gasteiger partial charge in [0.25, 0.3) is 0 Å². The number of nitrogens with two attached hydrogens (primary N) is 3. The Kier molecular flexibility index (Phi) is 9.31. The van der Waals surface area contributed by atoms with Gasteiger partial charge in [-0.25, -0.2) is 4.79 Å². The number of carbonyl (C=O) groups is 3. The van der Waals surface area contributed by atoms with E-state index < -0.39 is 35.9 Å². The third-order valence-electron chi connectivity index (χ3n) is 3.13. The Labute approximate surface area is 130 Å². The van der Waals surface area contributed by atoms with Crippen molar-refractivity contribution in [3.05, 3.63) is 0 Å². The quantitative estimate of drug-likeness (QED) is 0.263. The van der Waals surface area contributed by atoms with Crippen molar-refractivity contribution in [2.45, 2.75) is 44.8 Å². The van der Waals surface area contributed by atoms with Crippen LogP contribution in [-0.4, -0.2) is 54.1 Å². The first-order chi connectivity index (χ1) is 10.2. The van der Waals surface area contributed by atoms with Gasteiger partial charge in [0, 0.05) is 0 Å². The second kappa shape index (κ2) is 10.1. The molecule has 0 aromatic heterocycles. The molecule has 0 aromatic rings. The van der Waals surface area contributed by atoms with Gasteiger partial charge in [0.05, 0.1) is 6.04 Å². The summed E-state index contributed by atoms with van der Waals surface area (Å²) in [6.45, 7) is 3.84. The molecule has 0 saturated heterocycles. The third-order valence-corrected chi connectivity index (χ3v) is 3.13. The van der Waals surface area contributed by atoms with Crippen LogP contribution in [0, 0.1) is 5.92 Å². The number of rotatable bonds is 10. The van der Waals surface area contributed by atoms with Gasteiger partial charge in [0.2, 0.25) is 11.8 Å². The van der Waals surface area contributed by atoms with Crippen molar-refractivity contribution in [1.29, 1.82) is 0 Å². The topological polar surface area (TPSA) is 174 Å². The van der Waals surface area contributed by atoms with Gasteiger partial charge >= 0.3 is 5.97 Å². The van der Waals surface area contributed by atoms with E-state index in [1.54, 1.807) is 13.8 Å². The predicted molar refractivity (Wildman–Crippen MR) is 81.7 cm³/mol. The monoisotopic (exact) mass is 317 g/mol. The molecule has 9 nitrogen and oxygen atoms in total. The van der Waals surface area contributed by atoms with Crippen LogP contribution in [0.15, 0.2) is 0 Å². The van der Waals surface area contributed by atoms with E-state index in [1.165, 1.54) is 0 Å². The lowest BCUT2D eigenvalue weighted by Gasteiger charge is -2.25. The summed E-state index contributed by atoms with van der Waals surface area (Å²) in [6.07, 6.45) is 0.399. The Bertz CT molecular complexity index is 389. The van der Waals surface area contributed by atoms with E-state index in [1.807, 2.05) is 0 Å². The van der Waals surface area contributed by atoms with Crippen molar-refractivity contribution in [2.24, 2.45) is 23.1 Å². The largest absolute Gasteiger partial charge is 0.480 e. The molecule has 0 aromatic carbocycles. The Hall–Kier alpha value is -1.71. The van der Waals surface area contributed by atoms with Gasteiger partial charge in [-0.2, -0.15) is 0 Å². The lowest BCUT2D eigenvalue weighted by Crippen LogP contribution is -2.56. The lowest BCUT2D eigenvalue weighted by molar-refractivity contribution is -0.142. The number of nitrogens with one attached hydrogen (secondary N) is 2. The van der Waals surface area contributed by atoms with E-state index in [0.717, 1.165) is 0 Å². The molecule has 0 unspecified atom stereocenters. The predicted octanol–water partition coefficient (Wildman–Crippen LogP) is -2.28. The average Bonchev–Trinajstić information content (AvgIpc) is 2.43. The molecule has 0 heterocycles. The van der Waals surface area contributed by atoms with E-state index in [2.05, 4.69) is 10.6 Å². The zero-order valence-corrected chi connectivity index (χ0v) is 13.0. The van der Waals surface area contributed by atoms with Crippen LogP contribution in [0.1, 0.15) is 26.7 Å². The first kappa shape index (κ1) is 20.3. The Morgan fingerprint density at radius 2 is 1.55 bits per heavy atom. The Morgan fingerprint density at radius 3 is 1.95 bits per heavy atom. The molecule has 0 rings (SSSR count). The maximum Gasteiger partial charge on any atom is 0.326 e. The summed E-state index contributed by atoms with van der Waals surface area (Å²) in [7, 11) is 0. The van der Waals surface area contributed by atoms with Crippen LogP contribution in [0.4, 0.5) is 0 Å². The molecule has 9 heteroatoms. The van der Waals surface area contributed by atoms with Gasteiger partial charge in [-0.05, 0) is 31.8 Å². The second-order valence-electron chi connectivity index (χ2n) is 5.39. The minimum atomic E-state index is -1.17. The Morgan fingerprint density at radius 1 is 1.00 bits per heavy atom. The molecule has 0 aliphatic rings. The summed E-state index contributed by atoms with van der Waals surface area (Å²) < 4.78 is 0. The van der Waals surface area contributed by atoms with Crippen molar-refractivity contribution in [2.75, 3.05) is 13.1 Å². The lowest BCUT2D eigenvalue weighted by atomic mass is 10.0. The number of carboxylic acids is 1. The molecular weight excluding hydrogens is 290 g/mol. The number of aliphatic carboxylic acids is 1. The molecule has 0 aliphatic carbocycles. The SMILES string of the molecule is CC(C)[C@H](NC(=O)[C@@H](N)CCN)C(=O)N[C@@H](CCN)C(=O)O. The molecule has 0 aliphatic heterocycles. The molecular formula is C13H27N5O4. The second-order valence-corrected chi connectivity index (χ2v) is 5.39. The van der Waals surface area contributed by atoms with Crippen LogP contribution >= 0.6 is 0 Å². The summed E-state index contributed by atoms with van der Waals surface area (Å²) >= 11 is 0. The van der Waals surface area contributed by atoms with Gasteiger partial charge in [-0.15, -0.1) is 0 Å². The van der Waals surface area contributed by atoms with E-state index in [9.17, 15) is 14.4 Å². The fourth-order valence-corrected chi connectivity index (χ4v) is 1.79. The van der Waals surface area contributed by atoms with Crippen LogP contribution in [0.25, 0.3) is 0 Å². The summed E-state index contributed by atoms with van der Waals surface area (Å²) in [5.74, 6) is -2.48. The highest BCUT2D eigenvalue weighted by Gasteiger charge is 2.29. The number of carboxylic acid groups (broad SMARTS) is 1. The Balaban J connectivity index is 4.83. The zero-order chi connectivity index (χ0) is 17.3. The third kappa shape index (κ3) is 6.83. The minimum absolute atomic E-state index is 0.104. The van der Waals surface area contributed by atoms with Crippen LogP contribution < -0.4 is 27.8 Å². The summed E-state index contributed by atoms with van der Waals surface area (Å²) in [5.41, 5.74) is 16.3. The highest BCUT2D eigenvalue weighted by Crippen LogP contribution is 2.04. The molecule has 0 bridgehead atoms. The zero-order valence-electron chi connectivity index (χ0n) is 13.0. The van der Waals surface area contributed by atoms with Gasteiger partial charge in [-0.3, -0.25) is 9.59 Å². The van der Waals surface area contributed by atoms with Gasteiger partial charge < -0.3 is 32.9 Å². The smallest absolute Gasteiger partial charge is 0.326 e. The average molecular weight is 317 g/mol. The fourth-order valence-electron chi connectivity index (χ4n) is 1.79. The fraction of sp³-hybridized carbons (Fsp3) is 0.769. The van der Waals surface area contributed by atoms with E-state index in [0.29, 0.717) is 6.42 Å². The summed E-state index contributed by atoms with van der Waals surface area (Å²) in [4.78, 5) is 35.1. The highest BCUT2D eigenvalue weighted by atomic mass is 16.4.